The molecule has 7 heteroatoms. The first-order valence-electron chi connectivity index (χ1n) is 6.24. The lowest BCUT2D eigenvalue weighted by Crippen LogP contribution is -1.98. The van der Waals surface area contributed by atoms with Gasteiger partial charge in [-0.3, -0.25) is 4.68 Å². The number of hydrogen-bond acceptors (Lipinski definition) is 3. The summed E-state index contributed by atoms with van der Waals surface area (Å²) in [4.78, 5) is 4.21. The van der Waals surface area contributed by atoms with Gasteiger partial charge in [-0.1, -0.05) is 0 Å². The summed E-state index contributed by atoms with van der Waals surface area (Å²) in [6.07, 6.45) is 3.37. The van der Waals surface area contributed by atoms with Gasteiger partial charge in [0.1, 0.15) is 23.1 Å². The second-order valence-electron chi connectivity index (χ2n) is 4.72. The van der Waals surface area contributed by atoms with Gasteiger partial charge in [-0.2, -0.15) is 5.10 Å². The molecular weight excluding hydrogens is 276 g/mol. The number of nitrogens with two attached hydrogens (primary N) is 1. The first-order valence-corrected chi connectivity index (χ1v) is 6.24. The normalized spacial score (nSPS) is 11.0. The van der Waals surface area contributed by atoms with Crippen LogP contribution >= 0.6 is 0 Å². The summed E-state index contributed by atoms with van der Waals surface area (Å²) in [6.45, 7) is 0. The van der Waals surface area contributed by atoms with E-state index in [0.717, 1.165) is 6.07 Å². The van der Waals surface area contributed by atoms with Crippen LogP contribution in [0.25, 0.3) is 22.6 Å². The summed E-state index contributed by atoms with van der Waals surface area (Å²) in [6, 6.07) is 3.36. The highest BCUT2D eigenvalue weighted by atomic mass is 19.1. The molecule has 0 unspecified atom stereocenters. The maximum Gasteiger partial charge on any atom is 0.161 e. The van der Waals surface area contributed by atoms with E-state index in [1.807, 2.05) is 0 Å². The zero-order valence-corrected chi connectivity index (χ0v) is 11.5. The quantitative estimate of drug-likeness (QED) is 0.787. The monoisotopic (exact) mass is 289 g/mol. The Kier molecular flexibility index (Phi) is 2.97. The predicted octanol–water partition coefficient (Wildman–Crippen LogP) is 2.35. The fraction of sp³-hybridized carbons (Fsp3) is 0.143. The van der Waals surface area contributed by atoms with Crippen LogP contribution in [0.15, 0.2) is 30.6 Å². The maximum atomic E-state index is 14.1. The van der Waals surface area contributed by atoms with Gasteiger partial charge in [0.25, 0.3) is 0 Å². The number of aromatic nitrogens is 4. The minimum Gasteiger partial charge on any atom is -0.383 e. The highest BCUT2D eigenvalue weighted by Gasteiger charge is 2.22. The van der Waals surface area contributed by atoms with Crippen LogP contribution in [0.5, 0.6) is 0 Å². The van der Waals surface area contributed by atoms with Crippen molar-refractivity contribution in [2.75, 3.05) is 5.73 Å². The van der Waals surface area contributed by atoms with Crippen molar-refractivity contribution in [1.29, 1.82) is 0 Å². The number of imidazole rings is 1. The second kappa shape index (κ2) is 4.69. The average Bonchev–Trinajstić information content (AvgIpc) is 2.96. The number of nitrogen functional groups attached to an aromatic ring is 1. The van der Waals surface area contributed by atoms with Gasteiger partial charge >= 0.3 is 0 Å². The Bertz CT molecular complexity index is 819. The van der Waals surface area contributed by atoms with E-state index >= 15 is 0 Å². The average molecular weight is 289 g/mol. The number of halogens is 2. The molecule has 5 nitrogen and oxygen atoms in total. The molecule has 0 fully saturated rings. The van der Waals surface area contributed by atoms with E-state index in [-0.39, 0.29) is 5.56 Å². The smallest absolute Gasteiger partial charge is 0.161 e. The van der Waals surface area contributed by atoms with Crippen LogP contribution in [0.3, 0.4) is 0 Å². The number of benzene rings is 1. The van der Waals surface area contributed by atoms with E-state index in [0.29, 0.717) is 22.9 Å². The molecule has 0 saturated carbocycles. The minimum absolute atomic E-state index is 0.194. The van der Waals surface area contributed by atoms with Crippen molar-refractivity contribution in [3.05, 3.63) is 42.2 Å². The SMILES string of the molecule is Cn1ccnc1-c1nn(C)c(N)c1-c1ccc(F)cc1F. The molecule has 0 radical (unpaired) electrons. The van der Waals surface area contributed by atoms with Gasteiger partial charge in [-0.15, -0.1) is 0 Å². The molecule has 2 aromatic heterocycles. The molecule has 0 aliphatic heterocycles. The third-order valence-electron chi connectivity index (χ3n) is 3.33. The van der Waals surface area contributed by atoms with E-state index in [4.69, 9.17) is 5.73 Å². The Balaban J connectivity index is 2.30. The van der Waals surface area contributed by atoms with Crippen LogP contribution in [0.2, 0.25) is 0 Å². The number of aryl methyl sites for hydroxylation is 2. The highest BCUT2D eigenvalue weighted by Crippen LogP contribution is 2.36. The van der Waals surface area contributed by atoms with E-state index < -0.39 is 11.6 Å². The van der Waals surface area contributed by atoms with Crippen LogP contribution in [0, 0.1) is 11.6 Å². The number of rotatable bonds is 2. The van der Waals surface area contributed by atoms with Crippen molar-refractivity contribution >= 4 is 5.82 Å². The fourth-order valence-corrected chi connectivity index (χ4v) is 2.25. The van der Waals surface area contributed by atoms with Crippen molar-refractivity contribution in [3.63, 3.8) is 0 Å². The van der Waals surface area contributed by atoms with Crippen LogP contribution in [0.1, 0.15) is 0 Å². The molecule has 0 saturated heterocycles. The van der Waals surface area contributed by atoms with Crippen molar-refractivity contribution in [2.45, 2.75) is 0 Å². The Hall–Kier alpha value is -2.70. The summed E-state index contributed by atoms with van der Waals surface area (Å²) >= 11 is 0. The Morgan fingerprint density at radius 1 is 1.19 bits per heavy atom. The molecular formula is C14H13F2N5. The molecule has 0 aliphatic carbocycles. The van der Waals surface area contributed by atoms with Crippen LogP contribution in [-0.2, 0) is 14.1 Å². The predicted molar refractivity (Wildman–Crippen MR) is 75.2 cm³/mol. The number of hydrogen-bond donors (Lipinski definition) is 1. The lowest BCUT2D eigenvalue weighted by molar-refractivity contribution is 0.585. The molecule has 2 heterocycles. The van der Waals surface area contributed by atoms with Gasteiger partial charge < -0.3 is 10.3 Å². The summed E-state index contributed by atoms with van der Waals surface area (Å²) in [5.41, 5.74) is 7.05. The van der Waals surface area contributed by atoms with Crippen molar-refractivity contribution in [1.82, 2.24) is 19.3 Å². The van der Waals surface area contributed by atoms with Gasteiger partial charge in [-0.25, -0.2) is 13.8 Å². The molecule has 0 aliphatic rings. The maximum absolute atomic E-state index is 14.1. The largest absolute Gasteiger partial charge is 0.383 e. The van der Waals surface area contributed by atoms with Gasteiger partial charge in [-0.05, 0) is 12.1 Å². The van der Waals surface area contributed by atoms with Crippen molar-refractivity contribution in [3.8, 4) is 22.6 Å². The Morgan fingerprint density at radius 3 is 2.57 bits per heavy atom. The van der Waals surface area contributed by atoms with Gasteiger partial charge in [0.2, 0.25) is 0 Å². The molecule has 108 valence electrons. The number of nitrogens with zero attached hydrogens (tertiary/aromatic N) is 4. The zero-order valence-electron chi connectivity index (χ0n) is 11.5. The summed E-state index contributed by atoms with van der Waals surface area (Å²) in [7, 11) is 3.46. The van der Waals surface area contributed by atoms with E-state index in [1.54, 1.807) is 31.1 Å². The Morgan fingerprint density at radius 2 is 1.95 bits per heavy atom. The molecule has 3 rings (SSSR count). The summed E-state index contributed by atoms with van der Waals surface area (Å²) in [5, 5.41) is 4.30. The molecule has 1 aromatic carbocycles. The topological polar surface area (TPSA) is 61.7 Å². The first-order chi connectivity index (χ1) is 9.99. The Labute approximate surface area is 119 Å². The third-order valence-corrected chi connectivity index (χ3v) is 3.33. The summed E-state index contributed by atoms with van der Waals surface area (Å²) < 4.78 is 30.4. The highest BCUT2D eigenvalue weighted by molar-refractivity contribution is 5.86. The van der Waals surface area contributed by atoms with Gasteiger partial charge in [0.15, 0.2) is 5.82 Å². The van der Waals surface area contributed by atoms with E-state index in [2.05, 4.69) is 10.1 Å². The van der Waals surface area contributed by atoms with E-state index in [1.165, 1.54) is 16.8 Å². The van der Waals surface area contributed by atoms with Crippen LogP contribution in [0.4, 0.5) is 14.6 Å². The standard InChI is InChI=1S/C14H13F2N5/c1-20-6-5-18-14(20)12-11(13(17)21(2)19-12)9-4-3-8(15)7-10(9)16/h3-7H,17H2,1-2H3. The van der Waals surface area contributed by atoms with Gasteiger partial charge in [0.05, 0.1) is 5.56 Å². The first kappa shape index (κ1) is 13.3. The molecule has 0 atom stereocenters. The van der Waals surface area contributed by atoms with E-state index in [9.17, 15) is 8.78 Å². The third kappa shape index (κ3) is 2.06. The molecule has 0 spiro atoms. The molecule has 2 N–H and O–H groups in total. The lowest BCUT2D eigenvalue weighted by Gasteiger charge is -2.06. The minimum atomic E-state index is -0.690. The second-order valence-corrected chi connectivity index (χ2v) is 4.72. The lowest BCUT2D eigenvalue weighted by atomic mass is 10.0. The summed E-state index contributed by atoms with van der Waals surface area (Å²) in [5.74, 6) is -0.484. The van der Waals surface area contributed by atoms with Crippen molar-refractivity contribution < 1.29 is 8.78 Å². The molecule has 3 aromatic rings. The van der Waals surface area contributed by atoms with Gasteiger partial charge in [0, 0.05) is 38.1 Å². The van der Waals surface area contributed by atoms with Crippen LogP contribution in [-0.4, -0.2) is 19.3 Å². The molecule has 21 heavy (non-hydrogen) atoms. The molecule has 0 bridgehead atoms. The fourth-order valence-electron chi connectivity index (χ4n) is 2.25. The molecule has 0 amide bonds. The van der Waals surface area contributed by atoms with Crippen molar-refractivity contribution in [2.24, 2.45) is 14.1 Å². The zero-order chi connectivity index (χ0) is 15.1. The van der Waals surface area contributed by atoms with Crippen LogP contribution < -0.4 is 5.73 Å². The number of anilines is 1.